The molecule has 1 heterocycles. The highest BCUT2D eigenvalue weighted by atomic mass is 16.2. The van der Waals surface area contributed by atoms with Gasteiger partial charge in [-0.2, -0.15) is 0 Å². The lowest BCUT2D eigenvalue weighted by Gasteiger charge is -2.24. The van der Waals surface area contributed by atoms with Crippen molar-refractivity contribution in [2.45, 2.75) is 26.2 Å². The van der Waals surface area contributed by atoms with Crippen molar-refractivity contribution in [3.63, 3.8) is 0 Å². The van der Waals surface area contributed by atoms with E-state index >= 15 is 0 Å². The highest BCUT2D eigenvalue weighted by Gasteiger charge is 2.24. The Morgan fingerprint density at radius 3 is 2.63 bits per heavy atom. The van der Waals surface area contributed by atoms with Crippen molar-refractivity contribution >= 4 is 17.8 Å². The summed E-state index contributed by atoms with van der Waals surface area (Å²) in [4.78, 5) is 28.8. The van der Waals surface area contributed by atoms with Gasteiger partial charge in [-0.15, -0.1) is 6.58 Å². The number of hydrogen-bond donors (Lipinski definition) is 2. The maximum Gasteiger partial charge on any atom is 0.229 e. The van der Waals surface area contributed by atoms with Gasteiger partial charge in [-0.1, -0.05) is 6.08 Å². The van der Waals surface area contributed by atoms with Gasteiger partial charge in [0.25, 0.3) is 0 Å². The molecule has 106 valence electrons. The lowest BCUT2D eigenvalue weighted by Crippen LogP contribution is -2.42. The van der Waals surface area contributed by atoms with Crippen molar-refractivity contribution in [3.8, 4) is 0 Å². The molecule has 0 unspecified atom stereocenters. The number of aliphatic imine (C=N–C) groups is 1. The van der Waals surface area contributed by atoms with Crippen molar-refractivity contribution < 1.29 is 9.59 Å². The molecule has 1 fully saturated rings. The molecule has 1 aliphatic heterocycles. The molecule has 0 aromatic heterocycles. The minimum absolute atomic E-state index is 0.0875. The summed E-state index contributed by atoms with van der Waals surface area (Å²) in [5.74, 6) is 0.491. The van der Waals surface area contributed by atoms with Crippen LogP contribution in [0.25, 0.3) is 0 Å². The van der Waals surface area contributed by atoms with Gasteiger partial charge in [-0.3, -0.25) is 19.5 Å². The number of likely N-dealkylation sites (tertiary alicyclic amines) is 1. The molecule has 19 heavy (non-hydrogen) atoms. The summed E-state index contributed by atoms with van der Waals surface area (Å²) < 4.78 is 0. The van der Waals surface area contributed by atoms with Gasteiger partial charge in [0.1, 0.15) is 0 Å². The predicted octanol–water partition coefficient (Wildman–Crippen LogP) is 0.267. The first-order valence-corrected chi connectivity index (χ1v) is 6.65. The maximum atomic E-state index is 11.6. The molecule has 2 N–H and O–H groups in total. The summed E-state index contributed by atoms with van der Waals surface area (Å²) in [7, 11) is 0. The van der Waals surface area contributed by atoms with E-state index in [-0.39, 0.29) is 11.8 Å². The summed E-state index contributed by atoms with van der Waals surface area (Å²) in [6.45, 7) is 7.73. The molecule has 0 aromatic rings. The number of carbonyl (C=O) groups is 2. The Kier molecular flexibility index (Phi) is 6.63. The van der Waals surface area contributed by atoms with E-state index in [1.54, 1.807) is 6.08 Å². The largest absolute Gasteiger partial charge is 0.357 e. The van der Waals surface area contributed by atoms with E-state index < -0.39 is 0 Å². The van der Waals surface area contributed by atoms with E-state index in [1.807, 2.05) is 6.92 Å². The third-order valence-corrected chi connectivity index (χ3v) is 2.73. The third-order valence-electron chi connectivity index (χ3n) is 2.73. The molecule has 1 saturated heterocycles. The van der Waals surface area contributed by atoms with Crippen LogP contribution < -0.4 is 10.6 Å². The highest BCUT2D eigenvalue weighted by molar-refractivity contribution is 5.97. The molecular formula is C13H22N4O2. The fraction of sp³-hybridized carbons (Fsp3) is 0.615. The fourth-order valence-electron chi connectivity index (χ4n) is 1.82. The van der Waals surface area contributed by atoms with Crippen LogP contribution in [0.4, 0.5) is 0 Å². The fourth-order valence-corrected chi connectivity index (χ4v) is 1.82. The molecule has 2 amide bonds. The van der Waals surface area contributed by atoms with Crippen LogP contribution in [-0.4, -0.2) is 48.9 Å². The number of imide groups is 1. The van der Waals surface area contributed by atoms with Gasteiger partial charge in [0.05, 0.1) is 6.54 Å². The third kappa shape index (κ3) is 5.11. The minimum atomic E-state index is -0.0875. The average Bonchev–Trinajstić information content (AvgIpc) is 2.39. The van der Waals surface area contributed by atoms with Crippen molar-refractivity contribution in [1.29, 1.82) is 0 Å². The number of nitrogens with one attached hydrogen (secondary N) is 2. The molecule has 0 aliphatic carbocycles. The SMILES string of the molecule is C=CCNC(=NCCN1C(=O)CCCC1=O)NCC. The zero-order valence-electron chi connectivity index (χ0n) is 11.4. The highest BCUT2D eigenvalue weighted by Crippen LogP contribution is 2.11. The van der Waals surface area contributed by atoms with Crippen molar-refractivity contribution in [3.05, 3.63) is 12.7 Å². The molecule has 6 nitrogen and oxygen atoms in total. The monoisotopic (exact) mass is 266 g/mol. The van der Waals surface area contributed by atoms with Gasteiger partial charge in [0, 0.05) is 32.5 Å². The van der Waals surface area contributed by atoms with Gasteiger partial charge in [0.15, 0.2) is 5.96 Å². The smallest absolute Gasteiger partial charge is 0.229 e. The van der Waals surface area contributed by atoms with Crippen molar-refractivity contribution in [2.75, 3.05) is 26.2 Å². The molecule has 1 rings (SSSR count). The predicted molar refractivity (Wildman–Crippen MR) is 74.7 cm³/mol. The number of guanidine groups is 1. The Labute approximate surface area is 114 Å². The number of rotatable bonds is 6. The topological polar surface area (TPSA) is 73.8 Å². The van der Waals surface area contributed by atoms with Crippen molar-refractivity contribution in [1.82, 2.24) is 15.5 Å². The summed E-state index contributed by atoms with van der Waals surface area (Å²) in [5, 5.41) is 6.14. The first-order chi connectivity index (χ1) is 9.19. The number of carbonyl (C=O) groups excluding carboxylic acids is 2. The van der Waals surface area contributed by atoms with Crippen molar-refractivity contribution in [2.24, 2.45) is 4.99 Å². The first-order valence-electron chi connectivity index (χ1n) is 6.65. The molecule has 0 aromatic carbocycles. The number of amides is 2. The van der Waals surface area contributed by atoms with Crippen LogP contribution in [0.1, 0.15) is 26.2 Å². The molecule has 0 radical (unpaired) electrons. The molecule has 0 saturated carbocycles. The van der Waals surface area contributed by atoms with Gasteiger partial charge in [0.2, 0.25) is 11.8 Å². The van der Waals surface area contributed by atoms with Gasteiger partial charge in [-0.05, 0) is 13.3 Å². The zero-order chi connectivity index (χ0) is 14.1. The van der Waals surface area contributed by atoms with E-state index in [4.69, 9.17) is 0 Å². The summed E-state index contributed by atoms with van der Waals surface area (Å²) in [6.07, 6.45) is 3.33. The lowest BCUT2D eigenvalue weighted by molar-refractivity contribution is -0.147. The quantitative estimate of drug-likeness (QED) is 0.313. The Balaban J connectivity index is 2.46. The Bertz CT molecular complexity index is 350. The standard InChI is InChI=1S/C13H22N4O2/c1-3-8-15-13(14-4-2)16-9-10-17-11(18)6-5-7-12(17)19/h3H,1,4-10H2,2H3,(H2,14,15,16). The zero-order valence-corrected chi connectivity index (χ0v) is 11.4. The molecule has 0 bridgehead atoms. The van der Waals surface area contributed by atoms with E-state index in [1.165, 1.54) is 4.90 Å². The summed E-state index contributed by atoms with van der Waals surface area (Å²) in [5.41, 5.74) is 0. The number of piperidine rings is 1. The second-order valence-electron chi connectivity index (χ2n) is 4.22. The molecular weight excluding hydrogens is 244 g/mol. The second kappa shape index (κ2) is 8.29. The van der Waals surface area contributed by atoms with Gasteiger partial charge >= 0.3 is 0 Å². The Hall–Kier alpha value is -1.85. The molecule has 0 atom stereocenters. The Morgan fingerprint density at radius 1 is 1.37 bits per heavy atom. The van der Waals surface area contributed by atoms with Crippen LogP contribution in [0, 0.1) is 0 Å². The van der Waals surface area contributed by atoms with Crippen LogP contribution in [0.2, 0.25) is 0 Å². The number of nitrogens with zero attached hydrogens (tertiary/aromatic N) is 2. The average molecular weight is 266 g/mol. The van der Waals surface area contributed by atoms with Crippen LogP contribution in [0.15, 0.2) is 17.6 Å². The van der Waals surface area contributed by atoms with Gasteiger partial charge < -0.3 is 10.6 Å². The second-order valence-corrected chi connectivity index (χ2v) is 4.22. The maximum absolute atomic E-state index is 11.6. The molecule has 1 aliphatic rings. The van der Waals surface area contributed by atoms with E-state index in [0.29, 0.717) is 44.9 Å². The first kappa shape index (κ1) is 15.2. The number of hydrogen-bond acceptors (Lipinski definition) is 3. The summed E-state index contributed by atoms with van der Waals surface area (Å²) >= 11 is 0. The Morgan fingerprint density at radius 2 is 2.05 bits per heavy atom. The molecule has 0 spiro atoms. The van der Waals surface area contributed by atoms with Gasteiger partial charge in [-0.25, -0.2) is 0 Å². The minimum Gasteiger partial charge on any atom is -0.357 e. The van der Waals surface area contributed by atoms with E-state index in [0.717, 1.165) is 6.54 Å². The van der Waals surface area contributed by atoms with Crippen LogP contribution in [-0.2, 0) is 9.59 Å². The van der Waals surface area contributed by atoms with Crippen LogP contribution in [0.3, 0.4) is 0 Å². The summed E-state index contributed by atoms with van der Waals surface area (Å²) in [6, 6.07) is 0. The van der Waals surface area contributed by atoms with E-state index in [2.05, 4.69) is 22.2 Å². The normalized spacial score (nSPS) is 16.5. The van der Waals surface area contributed by atoms with E-state index in [9.17, 15) is 9.59 Å². The lowest BCUT2D eigenvalue weighted by atomic mass is 10.1. The van der Waals surface area contributed by atoms with Crippen LogP contribution in [0.5, 0.6) is 0 Å². The van der Waals surface area contributed by atoms with Crippen LogP contribution >= 0.6 is 0 Å². The molecule has 6 heteroatoms.